The number of nitrogens with zero attached hydrogens (tertiary/aromatic N) is 2. The first kappa shape index (κ1) is 9.24. The normalized spacial score (nSPS) is 17.2. The van der Waals surface area contributed by atoms with Crippen molar-refractivity contribution in [3.05, 3.63) is 27.1 Å². The van der Waals surface area contributed by atoms with Crippen molar-refractivity contribution in [2.45, 2.75) is 32.7 Å². The summed E-state index contributed by atoms with van der Waals surface area (Å²) in [4.78, 5) is 0. The summed E-state index contributed by atoms with van der Waals surface area (Å²) in [6, 6.07) is 0.571. The maximum atomic E-state index is 4.56. The minimum absolute atomic E-state index is 0.571. The molecule has 2 rings (SSSR count). The molecule has 0 radical (unpaired) electrons. The molecule has 70 valence electrons. The van der Waals surface area contributed by atoms with Crippen molar-refractivity contribution in [1.82, 2.24) is 9.78 Å². The molecule has 1 aliphatic carbocycles. The number of aryl methyl sites for hydroxylation is 1. The molecule has 0 unspecified atom stereocenters. The van der Waals surface area contributed by atoms with E-state index in [1.807, 2.05) is 0 Å². The summed E-state index contributed by atoms with van der Waals surface area (Å²) in [5, 5.41) is 4.56. The standard InChI is InChI=1S/C10H13IN2/c1-7-10(11)8(2)13(12-7)9-5-3-4-6-9/h3-4,9H,5-6H2,1-2H3. The minimum atomic E-state index is 0.571. The molecule has 2 nitrogen and oxygen atoms in total. The Balaban J connectivity index is 2.35. The van der Waals surface area contributed by atoms with E-state index in [2.05, 4.69) is 58.4 Å². The van der Waals surface area contributed by atoms with Gasteiger partial charge in [-0.2, -0.15) is 5.10 Å². The fourth-order valence-corrected chi connectivity index (χ4v) is 2.16. The molecule has 0 fully saturated rings. The number of rotatable bonds is 1. The van der Waals surface area contributed by atoms with E-state index in [4.69, 9.17) is 0 Å². The molecule has 1 aliphatic rings. The molecule has 3 heteroatoms. The summed E-state index contributed by atoms with van der Waals surface area (Å²) in [6.45, 7) is 4.23. The highest BCUT2D eigenvalue weighted by Crippen LogP contribution is 2.27. The van der Waals surface area contributed by atoms with Gasteiger partial charge in [-0.05, 0) is 49.3 Å². The van der Waals surface area contributed by atoms with Crippen LogP contribution in [-0.2, 0) is 0 Å². The molecule has 0 atom stereocenters. The Hall–Kier alpha value is -0.320. The molecule has 0 N–H and O–H groups in total. The summed E-state index contributed by atoms with van der Waals surface area (Å²) >= 11 is 2.37. The largest absolute Gasteiger partial charge is 0.265 e. The smallest absolute Gasteiger partial charge is 0.0730 e. The van der Waals surface area contributed by atoms with E-state index < -0.39 is 0 Å². The highest BCUT2D eigenvalue weighted by atomic mass is 127. The molecule has 0 amide bonds. The first-order valence-electron chi connectivity index (χ1n) is 4.56. The highest BCUT2D eigenvalue weighted by Gasteiger charge is 2.17. The Morgan fingerprint density at radius 2 is 2.00 bits per heavy atom. The highest BCUT2D eigenvalue weighted by molar-refractivity contribution is 14.1. The average molecular weight is 288 g/mol. The zero-order valence-electron chi connectivity index (χ0n) is 7.92. The van der Waals surface area contributed by atoms with Gasteiger partial charge < -0.3 is 0 Å². The van der Waals surface area contributed by atoms with Gasteiger partial charge in [0.05, 0.1) is 15.3 Å². The van der Waals surface area contributed by atoms with E-state index in [1.165, 1.54) is 9.26 Å². The lowest BCUT2D eigenvalue weighted by Gasteiger charge is -2.11. The summed E-state index contributed by atoms with van der Waals surface area (Å²) in [5.41, 5.74) is 2.47. The van der Waals surface area contributed by atoms with Crippen molar-refractivity contribution in [2.75, 3.05) is 0 Å². The minimum Gasteiger partial charge on any atom is -0.265 e. The number of allylic oxidation sites excluding steroid dienone is 2. The van der Waals surface area contributed by atoms with E-state index in [-0.39, 0.29) is 0 Å². The van der Waals surface area contributed by atoms with Crippen LogP contribution < -0.4 is 0 Å². The summed E-state index contributed by atoms with van der Waals surface area (Å²) < 4.78 is 3.49. The Kier molecular flexibility index (Phi) is 2.45. The molecule has 0 bridgehead atoms. The van der Waals surface area contributed by atoms with Gasteiger partial charge in [0.25, 0.3) is 0 Å². The molecule has 0 spiro atoms. The maximum Gasteiger partial charge on any atom is 0.0730 e. The summed E-state index contributed by atoms with van der Waals surface area (Å²) in [7, 11) is 0. The number of aromatic nitrogens is 2. The Labute approximate surface area is 92.2 Å². The lowest BCUT2D eigenvalue weighted by atomic mass is 10.2. The van der Waals surface area contributed by atoms with Gasteiger partial charge in [0, 0.05) is 5.69 Å². The first-order chi connectivity index (χ1) is 6.20. The van der Waals surface area contributed by atoms with Gasteiger partial charge in [0.15, 0.2) is 0 Å². The Morgan fingerprint density at radius 3 is 2.46 bits per heavy atom. The van der Waals surface area contributed by atoms with Gasteiger partial charge >= 0.3 is 0 Å². The van der Waals surface area contributed by atoms with Crippen LogP contribution in [0.1, 0.15) is 30.3 Å². The van der Waals surface area contributed by atoms with Crippen LogP contribution in [0.15, 0.2) is 12.2 Å². The van der Waals surface area contributed by atoms with Crippen LogP contribution in [0.5, 0.6) is 0 Å². The predicted octanol–water partition coefficient (Wildman–Crippen LogP) is 3.00. The number of halogens is 1. The Bertz CT molecular complexity index is 344. The lowest BCUT2D eigenvalue weighted by Crippen LogP contribution is -2.08. The van der Waals surface area contributed by atoms with Crippen LogP contribution in [0, 0.1) is 17.4 Å². The van der Waals surface area contributed by atoms with Crippen molar-refractivity contribution in [3.63, 3.8) is 0 Å². The van der Waals surface area contributed by atoms with Crippen molar-refractivity contribution >= 4 is 22.6 Å². The third-order valence-electron chi connectivity index (χ3n) is 2.57. The molecule has 13 heavy (non-hydrogen) atoms. The predicted molar refractivity (Wildman–Crippen MR) is 61.8 cm³/mol. The topological polar surface area (TPSA) is 17.8 Å². The Morgan fingerprint density at radius 1 is 1.38 bits per heavy atom. The number of hydrogen-bond donors (Lipinski definition) is 0. The lowest BCUT2D eigenvalue weighted by molar-refractivity contribution is 0.467. The van der Waals surface area contributed by atoms with Gasteiger partial charge in [0.1, 0.15) is 0 Å². The molecule has 0 aliphatic heterocycles. The molecule has 0 saturated heterocycles. The number of hydrogen-bond acceptors (Lipinski definition) is 1. The van der Waals surface area contributed by atoms with Crippen molar-refractivity contribution in [3.8, 4) is 0 Å². The van der Waals surface area contributed by atoms with Crippen LogP contribution in [0.4, 0.5) is 0 Å². The van der Waals surface area contributed by atoms with E-state index in [0.29, 0.717) is 6.04 Å². The maximum absolute atomic E-state index is 4.56. The zero-order valence-corrected chi connectivity index (χ0v) is 10.1. The molecule has 1 aromatic rings. The van der Waals surface area contributed by atoms with Crippen LogP contribution >= 0.6 is 22.6 Å². The molecular weight excluding hydrogens is 275 g/mol. The van der Waals surface area contributed by atoms with Crippen LogP contribution in [0.3, 0.4) is 0 Å². The van der Waals surface area contributed by atoms with Crippen molar-refractivity contribution in [1.29, 1.82) is 0 Å². The van der Waals surface area contributed by atoms with E-state index >= 15 is 0 Å². The third-order valence-corrected chi connectivity index (χ3v) is 4.13. The monoisotopic (exact) mass is 288 g/mol. The summed E-state index contributed by atoms with van der Waals surface area (Å²) in [5.74, 6) is 0. The van der Waals surface area contributed by atoms with Crippen LogP contribution in [-0.4, -0.2) is 9.78 Å². The third kappa shape index (κ3) is 1.54. The molecular formula is C10H13IN2. The summed E-state index contributed by atoms with van der Waals surface area (Å²) in [6.07, 6.45) is 6.76. The van der Waals surface area contributed by atoms with E-state index in [9.17, 15) is 0 Å². The SMILES string of the molecule is Cc1nn(C2CC=CC2)c(C)c1I. The quantitative estimate of drug-likeness (QED) is 0.574. The van der Waals surface area contributed by atoms with Gasteiger partial charge in [-0.25, -0.2) is 0 Å². The van der Waals surface area contributed by atoms with Gasteiger partial charge in [-0.1, -0.05) is 12.2 Å². The fourth-order valence-electron chi connectivity index (χ4n) is 1.80. The molecule has 1 heterocycles. The van der Waals surface area contributed by atoms with Gasteiger partial charge in [-0.15, -0.1) is 0 Å². The molecule has 0 saturated carbocycles. The van der Waals surface area contributed by atoms with Crippen molar-refractivity contribution in [2.24, 2.45) is 0 Å². The van der Waals surface area contributed by atoms with E-state index in [0.717, 1.165) is 18.5 Å². The first-order valence-corrected chi connectivity index (χ1v) is 5.64. The molecule has 1 aromatic heterocycles. The fraction of sp³-hybridized carbons (Fsp3) is 0.500. The second-order valence-electron chi connectivity index (χ2n) is 3.53. The second-order valence-corrected chi connectivity index (χ2v) is 4.60. The van der Waals surface area contributed by atoms with Gasteiger partial charge in [-0.3, -0.25) is 4.68 Å². The van der Waals surface area contributed by atoms with Crippen LogP contribution in [0.2, 0.25) is 0 Å². The van der Waals surface area contributed by atoms with Crippen molar-refractivity contribution < 1.29 is 0 Å². The van der Waals surface area contributed by atoms with E-state index in [1.54, 1.807) is 0 Å². The van der Waals surface area contributed by atoms with Crippen LogP contribution in [0.25, 0.3) is 0 Å². The van der Waals surface area contributed by atoms with Gasteiger partial charge in [0.2, 0.25) is 0 Å². The average Bonchev–Trinajstić information content (AvgIpc) is 2.70. The zero-order chi connectivity index (χ0) is 9.42. The second kappa shape index (κ2) is 3.44. The molecule has 0 aromatic carbocycles.